The van der Waals surface area contributed by atoms with E-state index in [-0.39, 0.29) is 12.1 Å². The molecule has 0 radical (unpaired) electrons. The van der Waals surface area contributed by atoms with Gasteiger partial charge in [-0.1, -0.05) is 12.1 Å². The topological polar surface area (TPSA) is 78.7 Å². The lowest BCUT2D eigenvalue weighted by Gasteiger charge is -2.05. The molecule has 0 bridgehead atoms. The highest BCUT2D eigenvalue weighted by molar-refractivity contribution is 7.18. The first-order valence-electron chi connectivity index (χ1n) is 6.73. The van der Waals surface area contributed by atoms with Crippen molar-refractivity contribution in [3.8, 4) is 6.07 Å². The number of fused-ring (bicyclic) bond motifs is 1. The van der Waals surface area contributed by atoms with Crippen LogP contribution >= 0.6 is 11.3 Å². The van der Waals surface area contributed by atoms with E-state index in [1.54, 1.807) is 24.3 Å². The lowest BCUT2D eigenvalue weighted by Crippen LogP contribution is -2.35. The predicted molar refractivity (Wildman–Crippen MR) is 86.4 cm³/mol. The van der Waals surface area contributed by atoms with Gasteiger partial charge in [-0.2, -0.15) is 5.26 Å². The summed E-state index contributed by atoms with van der Waals surface area (Å²) < 4.78 is 1.18. The van der Waals surface area contributed by atoms with Crippen LogP contribution < -0.4 is 11.2 Å². The van der Waals surface area contributed by atoms with E-state index in [4.69, 9.17) is 5.26 Å². The highest BCUT2D eigenvalue weighted by Gasteiger charge is 2.14. The molecular weight excluding hydrogens is 298 g/mol. The summed E-state index contributed by atoms with van der Waals surface area (Å²) in [5.74, 6) is 0. The van der Waals surface area contributed by atoms with Crippen molar-refractivity contribution in [1.29, 1.82) is 5.26 Å². The molecular formula is C16H13N3O2S. The Morgan fingerprint density at radius 2 is 2.09 bits per heavy atom. The molecule has 0 spiro atoms. The van der Waals surface area contributed by atoms with Crippen LogP contribution in [0.3, 0.4) is 0 Å². The zero-order chi connectivity index (χ0) is 15.9. The van der Waals surface area contributed by atoms with Gasteiger partial charge in [-0.25, -0.2) is 4.79 Å². The molecule has 0 aliphatic carbocycles. The molecule has 0 aliphatic rings. The quantitative estimate of drug-likeness (QED) is 0.788. The molecule has 1 N–H and O–H groups in total. The molecule has 3 aromatic rings. The fourth-order valence-corrected chi connectivity index (χ4v) is 3.47. The van der Waals surface area contributed by atoms with E-state index in [1.807, 2.05) is 13.8 Å². The number of rotatable bonds is 2. The second-order valence-corrected chi connectivity index (χ2v) is 6.35. The monoisotopic (exact) mass is 311 g/mol. The maximum atomic E-state index is 12.6. The first kappa shape index (κ1) is 14.3. The van der Waals surface area contributed by atoms with Crippen molar-refractivity contribution in [3.05, 3.63) is 66.7 Å². The first-order chi connectivity index (χ1) is 10.5. The maximum Gasteiger partial charge on any atom is 0.329 e. The molecule has 0 unspecified atom stereocenters. The molecule has 1 aromatic carbocycles. The van der Waals surface area contributed by atoms with E-state index in [2.05, 4.69) is 11.1 Å². The minimum absolute atomic E-state index is 0.147. The van der Waals surface area contributed by atoms with Gasteiger partial charge in [-0.3, -0.25) is 14.3 Å². The van der Waals surface area contributed by atoms with E-state index in [0.29, 0.717) is 15.8 Å². The SMILES string of the molecule is Cc1sc2[nH]c(=O)n(Cc3cccc(C#N)c3)c(=O)c2c1C. The molecule has 0 fully saturated rings. The maximum absolute atomic E-state index is 12.6. The Hall–Kier alpha value is -2.65. The summed E-state index contributed by atoms with van der Waals surface area (Å²) >= 11 is 1.42. The lowest BCUT2D eigenvalue weighted by atomic mass is 10.1. The number of nitriles is 1. The Labute approximate surface area is 130 Å². The number of H-pyrrole nitrogens is 1. The molecule has 0 saturated carbocycles. The first-order valence-corrected chi connectivity index (χ1v) is 7.54. The van der Waals surface area contributed by atoms with Crippen molar-refractivity contribution < 1.29 is 0 Å². The number of thiophene rings is 1. The summed E-state index contributed by atoms with van der Waals surface area (Å²) in [5, 5.41) is 9.50. The summed E-state index contributed by atoms with van der Waals surface area (Å²) in [6, 6.07) is 8.96. The van der Waals surface area contributed by atoms with Gasteiger partial charge in [-0.15, -0.1) is 11.3 Å². The zero-order valence-corrected chi connectivity index (χ0v) is 13.0. The minimum atomic E-state index is -0.430. The third-order valence-electron chi connectivity index (χ3n) is 3.71. The Kier molecular flexibility index (Phi) is 3.43. The van der Waals surface area contributed by atoms with Gasteiger partial charge < -0.3 is 0 Å². The van der Waals surface area contributed by atoms with Crippen LogP contribution in [0, 0.1) is 25.2 Å². The van der Waals surface area contributed by atoms with Gasteiger partial charge in [0.05, 0.1) is 23.6 Å². The van der Waals surface area contributed by atoms with Crippen molar-refractivity contribution in [1.82, 2.24) is 9.55 Å². The average Bonchev–Trinajstić information content (AvgIpc) is 2.78. The third-order valence-corrected chi connectivity index (χ3v) is 4.83. The molecule has 0 saturated heterocycles. The van der Waals surface area contributed by atoms with Crippen molar-refractivity contribution in [2.45, 2.75) is 20.4 Å². The number of nitrogens with one attached hydrogen (secondary N) is 1. The van der Waals surface area contributed by atoms with E-state index < -0.39 is 5.69 Å². The summed E-state index contributed by atoms with van der Waals surface area (Å²) in [4.78, 5) is 29.2. The van der Waals surface area contributed by atoms with E-state index in [0.717, 1.165) is 16.0 Å². The number of hydrogen-bond acceptors (Lipinski definition) is 4. The smallest absolute Gasteiger partial charge is 0.298 e. The van der Waals surface area contributed by atoms with E-state index in [9.17, 15) is 9.59 Å². The van der Waals surface area contributed by atoms with Gasteiger partial charge in [-0.05, 0) is 37.1 Å². The van der Waals surface area contributed by atoms with Gasteiger partial charge in [0.15, 0.2) is 0 Å². The fourth-order valence-electron chi connectivity index (χ4n) is 2.43. The van der Waals surface area contributed by atoms with Crippen LogP contribution in [0.15, 0.2) is 33.9 Å². The van der Waals surface area contributed by atoms with Gasteiger partial charge in [0.2, 0.25) is 0 Å². The number of aromatic nitrogens is 2. The van der Waals surface area contributed by atoms with E-state index >= 15 is 0 Å². The average molecular weight is 311 g/mol. The molecule has 2 aromatic heterocycles. The van der Waals surface area contributed by atoms with Gasteiger partial charge in [0.1, 0.15) is 4.83 Å². The number of aromatic amines is 1. The van der Waals surface area contributed by atoms with Crippen LogP contribution in [0.4, 0.5) is 0 Å². The number of benzene rings is 1. The number of aryl methyl sites for hydroxylation is 2. The Morgan fingerprint density at radius 1 is 1.32 bits per heavy atom. The molecule has 3 rings (SSSR count). The largest absolute Gasteiger partial charge is 0.329 e. The van der Waals surface area contributed by atoms with Gasteiger partial charge >= 0.3 is 5.69 Å². The number of hydrogen-bond donors (Lipinski definition) is 1. The lowest BCUT2D eigenvalue weighted by molar-refractivity contribution is 0.712. The molecule has 2 heterocycles. The molecule has 5 nitrogen and oxygen atoms in total. The molecule has 0 amide bonds. The normalized spacial score (nSPS) is 10.8. The van der Waals surface area contributed by atoms with Crippen LogP contribution in [0.2, 0.25) is 0 Å². The summed E-state index contributed by atoms with van der Waals surface area (Å²) in [6.07, 6.45) is 0. The Morgan fingerprint density at radius 3 is 2.82 bits per heavy atom. The van der Waals surface area contributed by atoms with Crippen molar-refractivity contribution in [2.75, 3.05) is 0 Å². The standard InChI is InChI=1S/C16H13N3O2S/c1-9-10(2)22-14-13(9)15(20)19(16(21)18-14)8-12-5-3-4-11(6-12)7-17/h3-6H,8H2,1-2H3,(H,18,21). The summed E-state index contributed by atoms with van der Waals surface area (Å²) in [7, 11) is 0. The summed E-state index contributed by atoms with van der Waals surface area (Å²) in [5.41, 5.74) is 1.44. The minimum Gasteiger partial charge on any atom is -0.298 e. The Balaban J connectivity index is 2.19. The van der Waals surface area contributed by atoms with E-state index in [1.165, 1.54) is 15.9 Å². The third kappa shape index (κ3) is 2.26. The van der Waals surface area contributed by atoms with Crippen molar-refractivity contribution in [2.24, 2.45) is 0 Å². The van der Waals surface area contributed by atoms with Crippen LogP contribution in [-0.4, -0.2) is 9.55 Å². The molecule has 0 aliphatic heterocycles. The summed E-state index contributed by atoms with van der Waals surface area (Å²) in [6.45, 7) is 3.96. The zero-order valence-electron chi connectivity index (χ0n) is 12.1. The van der Waals surface area contributed by atoms with Crippen LogP contribution in [0.5, 0.6) is 0 Å². The second kappa shape index (κ2) is 5.28. The van der Waals surface area contributed by atoms with Gasteiger partial charge in [0.25, 0.3) is 5.56 Å². The molecule has 6 heteroatoms. The predicted octanol–water partition coefficient (Wildman–Crippen LogP) is 2.29. The van der Waals surface area contributed by atoms with Crippen LogP contribution in [0.1, 0.15) is 21.6 Å². The Bertz CT molecular complexity index is 1030. The second-order valence-electron chi connectivity index (χ2n) is 5.12. The molecule has 0 atom stereocenters. The van der Waals surface area contributed by atoms with Crippen molar-refractivity contribution in [3.63, 3.8) is 0 Å². The fraction of sp³-hybridized carbons (Fsp3) is 0.188. The molecule has 22 heavy (non-hydrogen) atoms. The highest BCUT2D eigenvalue weighted by Crippen LogP contribution is 2.24. The van der Waals surface area contributed by atoms with Gasteiger partial charge in [0, 0.05) is 4.88 Å². The van der Waals surface area contributed by atoms with Crippen LogP contribution in [0.25, 0.3) is 10.2 Å². The van der Waals surface area contributed by atoms with Crippen LogP contribution in [-0.2, 0) is 6.54 Å². The van der Waals surface area contributed by atoms with Crippen molar-refractivity contribution >= 4 is 21.6 Å². The number of nitrogens with zero attached hydrogens (tertiary/aromatic N) is 2. The highest BCUT2D eigenvalue weighted by atomic mass is 32.1. The molecule has 110 valence electrons.